The van der Waals surface area contributed by atoms with Gasteiger partial charge in [0, 0.05) is 17.5 Å². The number of cyclic esters (lactones) is 1. The van der Waals surface area contributed by atoms with E-state index in [1.54, 1.807) is 0 Å². The van der Waals surface area contributed by atoms with E-state index in [9.17, 15) is 20.1 Å². The Morgan fingerprint density at radius 1 is 0.931 bits per heavy atom. The largest absolute Gasteiger partial charge is 0.508 e. The van der Waals surface area contributed by atoms with Crippen LogP contribution in [0.25, 0.3) is 0 Å². The maximum atomic E-state index is 12.4. The fraction of sp³-hybridized carbons (Fsp3) is 0.250. The Balaban J connectivity index is 1.97. The average Bonchev–Trinajstić information content (AvgIpc) is 3.29. The number of ether oxygens (including phenoxy) is 5. The summed E-state index contributed by atoms with van der Waals surface area (Å²) in [5.41, 5.74) is 0.629. The molecule has 0 spiro atoms. The smallest absolute Gasteiger partial charge is 0.338 e. The highest BCUT2D eigenvalue weighted by Crippen LogP contribution is 2.48. The van der Waals surface area contributed by atoms with Crippen molar-refractivity contribution in [3.05, 3.63) is 46.7 Å². The highest BCUT2D eigenvalue weighted by molar-refractivity contribution is 5.94. The quantitative estimate of drug-likeness (QED) is 0.647. The molecule has 2 aromatic rings. The average molecular weight is 402 g/mol. The minimum atomic E-state index is -0.956. The summed E-state index contributed by atoms with van der Waals surface area (Å²) >= 11 is 0. The van der Waals surface area contributed by atoms with Crippen molar-refractivity contribution in [2.45, 2.75) is 5.92 Å². The van der Waals surface area contributed by atoms with Gasteiger partial charge in [-0.2, -0.15) is 0 Å². The fourth-order valence-electron chi connectivity index (χ4n) is 3.45. The van der Waals surface area contributed by atoms with E-state index < -0.39 is 11.9 Å². The molecule has 0 bridgehead atoms. The van der Waals surface area contributed by atoms with Gasteiger partial charge in [-0.1, -0.05) is 0 Å². The number of phenolic OH excluding ortho intramolecular Hbond substituents is 2. The summed E-state index contributed by atoms with van der Waals surface area (Å²) in [7, 11) is 2.73. The van der Waals surface area contributed by atoms with Crippen LogP contribution in [0.5, 0.6) is 34.5 Å². The summed E-state index contributed by atoms with van der Waals surface area (Å²) in [6.07, 6.45) is 0. The third-order valence-corrected chi connectivity index (χ3v) is 4.83. The molecule has 2 aliphatic heterocycles. The lowest BCUT2D eigenvalue weighted by Crippen LogP contribution is -2.13. The number of carbonyl (C=O) groups excluding carboxylic acids is 1. The van der Waals surface area contributed by atoms with Crippen LogP contribution in [0.1, 0.15) is 17.0 Å². The molecule has 0 fully saturated rings. The Hall–Kier alpha value is -3.75. The molecule has 9 heteroatoms. The van der Waals surface area contributed by atoms with Crippen LogP contribution >= 0.6 is 0 Å². The topological polar surface area (TPSA) is 124 Å². The predicted octanol–water partition coefficient (Wildman–Crippen LogP) is 2.34. The molecule has 0 amide bonds. The van der Waals surface area contributed by atoms with Crippen molar-refractivity contribution in [2.75, 3.05) is 27.6 Å². The lowest BCUT2D eigenvalue weighted by atomic mass is 9.83. The lowest BCUT2D eigenvalue weighted by molar-refractivity contribution is -0.136. The van der Waals surface area contributed by atoms with Gasteiger partial charge in [0.05, 0.1) is 19.8 Å². The van der Waals surface area contributed by atoms with Crippen molar-refractivity contribution < 1.29 is 43.8 Å². The van der Waals surface area contributed by atoms with Crippen LogP contribution in [0.2, 0.25) is 0 Å². The van der Waals surface area contributed by atoms with Gasteiger partial charge < -0.3 is 39.0 Å². The number of aliphatic hydroxyl groups is 1. The summed E-state index contributed by atoms with van der Waals surface area (Å²) in [4.78, 5) is 12.4. The molecule has 3 N–H and O–H groups in total. The molecule has 0 saturated heterocycles. The van der Waals surface area contributed by atoms with E-state index in [1.807, 2.05) is 0 Å². The molecule has 2 aromatic carbocycles. The Kier molecular flexibility index (Phi) is 4.50. The second kappa shape index (κ2) is 7.01. The Morgan fingerprint density at radius 2 is 1.55 bits per heavy atom. The predicted molar refractivity (Wildman–Crippen MR) is 97.9 cm³/mol. The zero-order chi connectivity index (χ0) is 20.7. The normalized spacial score (nSPS) is 16.0. The number of carbonyl (C=O) groups is 1. The van der Waals surface area contributed by atoms with Gasteiger partial charge in [0.25, 0.3) is 0 Å². The van der Waals surface area contributed by atoms with Gasteiger partial charge in [0.2, 0.25) is 12.5 Å². The number of hydrogen-bond acceptors (Lipinski definition) is 9. The zero-order valence-corrected chi connectivity index (χ0v) is 15.6. The van der Waals surface area contributed by atoms with Gasteiger partial charge in [-0.15, -0.1) is 0 Å². The maximum absolute atomic E-state index is 12.4. The minimum absolute atomic E-state index is 0.000261. The minimum Gasteiger partial charge on any atom is -0.508 e. The maximum Gasteiger partial charge on any atom is 0.338 e. The first-order valence-electron chi connectivity index (χ1n) is 8.61. The molecule has 2 heterocycles. The van der Waals surface area contributed by atoms with Crippen LogP contribution in [-0.2, 0) is 9.53 Å². The van der Waals surface area contributed by atoms with Gasteiger partial charge in [0.15, 0.2) is 23.0 Å². The highest BCUT2D eigenvalue weighted by Gasteiger charge is 2.37. The van der Waals surface area contributed by atoms with E-state index in [0.29, 0.717) is 17.1 Å². The van der Waals surface area contributed by atoms with Crippen LogP contribution in [-0.4, -0.2) is 48.9 Å². The molecule has 0 aliphatic carbocycles. The zero-order valence-electron chi connectivity index (χ0n) is 15.6. The first-order chi connectivity index (χ1) is 13.9. The molecule has 2 aliphatic rings. The number of phenols is 2. The van der Waals surface area contributed by atoms with Crippen molar-refractivity contribution in [1.82, 2.24) is 0 Å². The third kappa shape index (κ3) is 3.00. The summed E-state index contributed by atoms with van der Waals surface area (Å²) in [5.74, 6) is -1.41. The van der Waals surface area contributed by atoms with Crippen molar-refractivity contribution >= 4 is 5.97 Å². The van der Waals surface area contributed by atoms with E-state index >= 15 is 0 Å². The Labute approximate surface area is 165 Å². The summed E-state index contributed by atoms with van der Waals surface area (Å²) in [5, 5.41) is 31.2. The first kappa shape index (κ1) is 18.6. The summed E-state index contributed by atoms with van der Waals surface area (Å²) in [6, 6.07) is 5.87. The molecule has 1 atom stereocenters. The van der Waals surface area contributed by atoms with Crippen molar-refractivity contribution in [2.24, 2.45) is 0 Å². The van der Waals surface area contributed by atoms with Crippen LogP contribution in [0, 0.1) is 0 Å². The number of methoxy groups -OCH3 is 2. The van der Waals surface area contributed by atoms with E-state index in [4.69, 9.17) is 23.7 Å². The standard InChI is InChI=1S/C20H18O9/c1-25-15-3-9(4-16(26-2)19(15)23)17(18-12(22)7-27-20(18)24)10-5-13-14(6-11(10)21)29-8-28-13/h3-6,17,21-23H,7-8H2,1-2H3. The highest BCUT2D eigenvalue weighted by atomic mass is 16.7. The Bertz CT molecular complexity index is 1000. The van der Waals surface area contributed by atoms with Crippen molar-refractivity contribution in [3.63, 3.8) is 0 Å². The van der Waals surface area contributed by atoms with Crippen molar-refractivity contribution in [3.8, 4) is 34.5 Å². The van der Waals surface area contributed by atoms with Crippen LogP contribution in [0.15, 0.2) is 35.6 Å². The molecular weight excluding hydrogens is 384 g/mol. The molecule has 29 heavy (non-hydrogen) atoms. The molecule has 0 saturated carbocycles. The molecule has 152 valence electrons. The number of hydrogen-bond donors (Lipinski definition) is 3. The molecule has 0 aromatic heterocycles. The summed E-state index contributed by atoms with van der Waals surface area (Å²) in [6.45, 7) is -0.276. The van der Waals surface area contributed by atoms with E-state index in [-0.39, 0.29) is 53.3 Å². The van der Waals surface area contributed by atoms with Gasteiger partial charge >= 0.3 is 5.97 Å². The molecular formula is C20H18O9. The monoisotopic (exact) mass is 402 g/mol. The molecule has 1 unspecified atom stereocenters. The van der Waals surface area contributed by atoms with Gasteiger partial charge in [-0.3, -0.25) is 0 Å². The third-order valence-electron chi connectivity index (χ3n) is 4.83. The van der Waals surface area contributed by atoms with Gasteiger partial charge in [0.1, 0.15) is 18.1 Å². The van der Waals surface area contributed by atoms with E-state index in [1.165, 1.54) is 38.5 Å². The lowest BCUT2D eigenvalue weighted by Gasteiger charge is -2.21. The van der Waals surface area contributed by atoms with Crippen molar-refractivity contribution in [1.29, 1.82) is 0 Å². The fourth-order valence-corrected chi connectivity index (χ4v) is 3.45. The van der Waals surface area contributed by atoms with E-state index in [2.05, 4.69) is 0 Å². The number of aliphatic hydroxyl groups excluding tert-OH is 1. The second-order valence-electron chi connectivity index (χ2n) is 6.41. The van der Waals surface area contributed by atoms with E-state index in [0.717, 1.165) is 0 Å². The SMILES string of the molecule is COc1cc(C(C2=C(O)COC2=O)c2cc3c(cc2O)OCO3)cc(OC)c1O. The first-order valence-corrected chi connectivity index (χ1v) is 8.61. The van der Waals surface area contributed by atoms with Gasteiger partial charge in [-0.25, -0.2) is 4.79 Å². The molecule has 9 nitrogen and oxygen atoms in total. The summed E-state index contributed by atoms with van der Waals surface area (Å²) < 4.78 is 26.0. The molecule has 0 radical (unpaired) electrons. The van der Waals surface area contributed by atoms with Gasteiger partial charge in [-0.05, 0) is 23.8 Å². The number of rotatable bonds is 5. The van der Waals surface area contributed by atoms with Crippen LogP contribution in [0.4, 0.5) is 0 Å². The second-order valence-corrected chi connectivity index (χ2v) is 6.41. The number of fused-ring (bicyclic) bond motifs is 1. The number of aromatic hydroxyl groups is 2. The van der Waals surface area contributed by atoms with Crippen LogP contribution < -0.4 is 18.9 Å². The number of benzene rings is 2. The number of esters is 1. The Morgan fingerprint density at radius 3 is 2.10 bits per heavy atom. The van der Waals surface area contributed by atoms with Crippen LogP contribution in [0.3, 0.4) is 0 Å². The molecule has 4 rings (SSSR count).